The van der Waals surface area contributed by atoms with E-state index in [0.717, 1.165) is 44.6 Å². The third-order valence-electron chi connectivity index (χ3n) is 3.86. The number of fused-ring (bicyclic) bond motifs is 1. The second-order valence-electron chi connectivity index (χ2n) is 5.23. The molecule has 2 N–H and O–H groups in total. The van der Waals surface area contributed by atoms with Crippen LogP contribution >= 0.6 is 0 Å². The van der Waals surface area contributed by atoms with Gasteiger partial charge in [-0.25, -0.2) is 0 Å². The second kappa shape index (κ2) is 6.92. The summed E-state index contributed by atoms with van der Waals surface area (Å²) in [6.07, 6.45) is 3.55. The molecule has 1 aromatic rings. The summed E-state index contributed by atoms with van der Waals surface area (Å²) >= 11 is 0. The number of benzene rings is 1. The minimum Gasteiger partial charge on any atom is -0.493 e. The molecule has 1 aromatic carbocycles. The molecule has 2 unspecified atom stereocenters. The van der Waals surface area contributed by atoms with Gasteiger partial charge in [0.25, 0.3) is 0 Å². The van der Waals surface area contributed by atoms with Crippen LogP contribution in [0.5, 0.6) is 5.75 Å². The predicted octanol–water partition coefficient (Wildman–Crippen LogP) is 2.82. The van der Waals surface area contributed by atoms with Gasteiger partial charge in [-0.05, 0) is 43.0 Å². The summed E-state index contributed by atoms with van der Waals surface area (Å²) in [5, 5.41) is 13.1. The van der Waals surface area contributed by atoms with Crippen LogP contribution in [-0.2, 0) is 6.42 Å². The van der Waals surface area contributed by atoms with Crippen molar-refractivity contribution in [2.75, 3.05) is 13.2 Å². The summed E-state index contributed by atoms with van der Waals surface area (Å²) in [6, 6.07) is 6.87. The Kier molecular flexibility index (Phi) is 5.23. The van der Waals surface area contributed by atoms with Crippen molar-refractivity contribution in [1.29, 1.82) is 0 Å². The van der Waals surface area contributed by atoms with E-state index in [-0.39, 0.29) is 6.10 Å². The highest BCUT2D eigenvalue weighted by Gasteiger charge is 2.15. The van der Waals surface area contributed by atoms with Gasteiger partial charge in [-0.2, -0.15) is 0 Å². The van der Waals surface area contributed by atoms with Crippen molar-refractivity contribution in [3.63, 3.8) is 0 Å². The molecule has 0 saturated carbocycles. The summed E-state index contributed by atoms with van der Waals surface area (Å²) in [7, 11) is 0. The number of ether oxygens (including phenoxy) is 1. The van der Waals surface area contributed by atoms with Crippen LogP contribution in [0.1, 0.15) is 50.3 Å². The SMILES string of the molecule is CCC(O)CCNC(CC)c1ccc2c(c1)CCO2. The van der Waals surface area contributed by atoms with E-state index in [4.69, 9.17) is 4.74 Å². The van der Waals surface area contributed by atoms with Crippen LogP contribution in [0.3, 0.4) is 0 Å². The van der Waals surface area contributed by atoms with Crippen molar-refractivity contribution in [3.05, 3.63) is 29.3 Å². The summed E-state index contributed by atoms with van der Waals surface area (Å²) < 4.78 is 5.54. The zero-order chi connectivity index (χ0) is 13.7. The first-order chi connectivity index (χ1) is 9.24. The first-order valence-corrected chi connectivity index (χ1v) is 7.41. The number of nitrogens with one attached hydrogen (secondary N) is 1. The fourth-order valence-electron chi connectivity index (χ4n) is 2.55. The molecule has 0 radical (unpaired) electrons. The molecule has 0 fully saturated rings. The highest BCUT2D eigenvalue weighted by atomic mass is 16.5. The van der Waals surface area contributed by atoms with Crippen molar-refractivity contribution in [1.82, 2.24) is 5.32 Å². The van der Waals surface area contributed by atoms with E-state index in [1.807, 2.05) is 6.92 Å². The molecule has 0 saturated heterocycles. The normalized spacial score (nSPS) is 16.8. The maximum atomic E-state index is 9.58. The van der Waals surface area contributed by atoms with Crippen LogP contribution in [0.15, 0.2) is 18.2 Å². The Hall–Kier alpha value is -1.06. The van der Waals surface area contributed by atoms with E-state index >= 15 is 0 Å². The molecular weight excluding hydrogens is 238 g/mol. The Morgan fingerprint density at radius 3 is 2.89 bits per heavy atom. The van der Waals surface area contributed by atoms with Gasteiger partial charge in [0.1, 0.15) is 5.75 Å². The van der Waals surface area contributed by atoms with Gasteiger partial charge in [0.15, 0.2) is 0 Å². The fourth-order valence-corrected chi connectivity index (χ4v) is 2.55. The van der Waals surface area contributed by atoms with E-state index < -0.39 is 0 Å². The zero-order valence-electron chi connectivity index (χ0n) is 12.0. The number of hydrogen-bond acceptors (Lipinski definition) is 3. The maximum absolute atomic E-state index is 9.58. The smallest absolute Gasteiger partial charge is 0.122 e. The quantitative estimate of drug-likeness (QED) is 0.795. The predicted molar refractivity (Wildman–Crippen MR) is 77.6 cm³/mol. The Bertz CT molecular complexity index is 406. The monoisotopic (exact) mass is 263 g/mol. The lowest BCUT2D eigenvalue weighted by molar-refractivity contribution is 0.158. The van der Waals surface area contributed by atoms with Crippen LogP contribution in [-0.4, -0.2) is 24.4 Å². The molecular formula is C16H25NO2. The molecule has 0 spiro atoms. The molecule has 0 bridgehead atoms. The molecule has 106 valence electrons. The van der Waals surface area contributed by atoms with Crippen molar-refractivity contribution < 1.29 is 9.84 Å². The minimum atomic E-state index is -0.182. The zero-order valence-corrected chi connectivity index (χ0v) is 12.0. The highest BCUT2D eigenvalue weighted by Crippen LogP contribution is 2.29. The van der Waals surface area contributed by atoms with E-state index in [1.165, 1.54) is 11.1 Å². The lowest BCUT2D eigenvalue weighted by Crippen LogP contribution is -2.24. The van der Waals surface area contributed by atoms with Gasteiger partial charge in [0.2, 0.25) is 0 Å². The average Bonchev–Trinajstić information content (AvgIpc) is 2.90. The first kappa shape index (κ1) is 14.4. The van der Waals surface area contributed by atoms with Crippen molar-refractivity contribution in [2.24, 2.45) is 0 Å². The molecule has 19 heavy (non-hydrogen) atoms. The Balaban J connectivity index is 1.93. The highest BCUT2D eigenvalue weighted by molar-refractivity contribution is 5.40. The van der Waals surface area contributed by atoms with E-state index in [0.29, 0.717) is 6.04 Å². The molecule has 3 heteroatoms. The number of aliphatic hydroxyl groups is 1. The third kappa shape index (κ3) is 3.71. The van der Waals surface area contributed by atoms with Gasteiger partial charge in [0.05, 0.1) is 12.7 Å². The van der Waals surface area contributed by atoms with E-state index in [2.05, 4.69) is 30.4 Å². The van der Waals surface area contributed by atoms with Crippen LogP contribution in [0.4, 0.5) is 0 Å². The van der Waals surface area contributed by atoms with E-state index in [9.17, 15) is 5.11 Å². The van der Waals surface area contributed by atoms with Gasteiger partial charge in [-0.15, -0.1) is 0 Å². The van der Waals surface area contributed by atoms with Crippen LogP contribution in [0, 0.1) is 0 Å². The topological polar surface area (TPSA) is 41.5 Å². The van der Waals surface area contributed by atoms with Crippen LogP contribution < -0.4 is 10.1 Å². The Morgan fingerprint density at radius 1 is 1.32 bits per heavy atom. The fraction of sp³-hybridized carbons (Fsp3) is 0.625. The summed E-state index contributed by atoms with van der Waals surface area (Å²) in [4.78, 5) is 0. The third-order valence-corrected chi connectivity index (χ3v) is 3.86. The van der Waals surface area contributed by atoms with Gasteiger partial charge < -0.3 is 15.2 Å². The molecule has 2 atom stereocenters. The number of hydrogen-bond donors (Lipinski definition) is 2. The summed E-state index contributed by atoms with van der Waals surface area (Å²) in [5.74, 6) is 1.04. The molecule has 0 aromatic heterocycles. The molecule has 1 heterocycles. The molecule has 3 nitrogen and oxygen atoms in total. The molecule has 0 amide bonds. The second-order valence-corrected chi connectivity index (χ2v) is 5.23. The van der Waals surface area contributed by atoms with Gasteiger partial charge >= 0.3 is 0 Å². The van der Waals surface area contributed by atoms with Gasteiger partial charge in [-0.1, -0.05) is 26.0 Å². The maximum Gasteiger partial charge on any atom is 0.122 e. The summed E-state index contributed by atoms with van der Waals surface area (Å²) in [6.45, 7) is 5.88. The lowest BCUT2D eigenvalue weighted by atomic mass is 10.0. The first-order valence-electron chi connectivity index (χ1n) is 7.41. The van der Waals surface area contributed by atoms with Crippen molar-refractivity contribution in [2.45, 2.75) is 51.7 Å². The standard InChI is InChI=1S/C16H25NO2/c1-3-14(18)7-9-17-15(4-2)12-5-6-16-13(11-12)8-10-19-16/h5-6,11,14-15,17-18H,3-4,7-10H2,1-2H3. The van der Waals surface area contributed by atoms with Crippen LogP contribution in [0.2, 0.25) is 0 Å². The van der Waals surface area contributed by atoms with Crippen molar-refractivity contribution >= 4 is 0 Å². The molecule has 1 aliphatic heterocycles. The minimum absolute atomic E-state index is 0.182. The van der Waals surface area contributed by atoms with Crippen LogP contribution in [0.25, 0.3) is 0 Å². The van der Waals surface area contributed by atoms with Gasteiger partial charge in [0, 0.05) is 12.5 Å². The Morgan fingerprint density at radius 2 is 2.16 bits per heavy atom. The molecule has 0 aliphatic carbocycles. The van der Waals surface area contributed by atoms with E-state index in [1.54, 1.807) is 0 Å². The average molecular weight is 263 g/mol. The Labute approximate surface area is 116 Å². The largest absolute Gasteiger partial charge is 0.493 e. The van der Waals surface area contributed by atoms with Crippen molar-refractivity contribution in [3.8, 4) is 5.75 Å². The number of rotatable bonds is 7. The lowest BCUT2D eigenvalue weighted by Gasteiger charge is -2.19. The molecule has 1 aliphatic rings. The molecule has 2 rings (SSSR count). The van der Waals surface area contributed by atoms with Gasteiger partial charge in [-0.3, -0.25) is 0 Å². The number of aliphatic hydroxyl groups excluding tert-OH is 1. The summed E-state index contributed by atoms with van der Waals surface area (Å²) in [5.41, 5.74) is 2.66.